The topological polar surface area (TPSA) is 29.1 Å². The minimum atomic E-state index is 0.223. The Morgan fingerprint density at radius 1 is 0.941 bits per heavy atom. The van der Waals surface area contributed by atoms with Gasteiger partial charge in [0.2, 0.25) is 0 Å². The molecule has 102 valence electrons. The zero-order valence-electron chi connectivity index (χ0n) is 12.1. The molecule has 0 amide bonds. The predicted molar refractivity (Wildman–Crippen MR) is 75.3 cm³/mol. The average molecular weight is 241 g/mol. The van der Waals surface area contributed by atoms with Crippen molar-refractivity contribution in [2.45, 2.75) is 72.1 Å². The van der Waals surface area contributed by atoms with Gasteiger partial charge in [-0.2, -0.15) is 0 Å². The highest BCUT2D eigenvalue weighted by atomic mass is 16.1. The van der Waals surface area contributed by atoms with Crippen LogP contribution in [-0.2, 0) is 4.79 Å². The Labute approximate surface area is 108 Å². The Kier molecular flexibility index (Phi) is 11.8. The zero-order valence-corrected chi connectivity index (χ0v) is 12.1. The van der Waals surface area contributed by atoms with Gasteiger partial charge in [-0.3, -0.25) is 4.79 Å². The summed E-state index contributed by atoms with van der Waals surface area (Å²) in [6, 6.07) is 0. The first kappa shape index (κ1) is 16.6. The molecule has 2 heteroatoms. The summed E-state index contributed by atoms with van der Waals surface area (Å²) in [5.41, 5.74) is 0. The second-order valence-corrected chi connectivity index (χ2v) is 5.20. The summed E-state index contributed by atoms with van der Waals surface area (Å²) in [4.78, 5) is 11.4. The summed E-state index contributed by atoms with van der Waals surface area (Å²) in [7, 11) is 0. The molecule has 0 unspecified atom stereocenters. The molecule has 0 saturated carbocycles. The van der Waals surface area contributed by atoms with E-state index in [2.05, 4.69) is 12.2 Å². The van der Waals surface area contributed by atoms with E-state index in [0.717, 1.165) is 19.4 Å². The Bertz CT molecular complexity index is 178. The monoisotopic (exact) mass is 241 g/mol. The van der Waals surface area contributed by atoms with Gasteiger partial charge in [0.15, 0.2) is 0 Å². The van der Waals surface area contributed by atoms with Gasteiger partial charge in [-0.1, -0.05) is 52.9 Å². The third-order valence-corrected chi connectivity index (χ3v) is 3.17. The second kappa shape index (κ2) is 12.1. The highest BCUT2D eigenvalue weighted by Crippen LogP contribution is 2.10. The number of Topliss-reactive ketones (excluding diaryl/α,β-unsaturated/α-hetero) is 1. The van der Waals surface area contributed by atoms with Crippen LogP contribution in [-0.4, -0.2) is 18.9 Å². The summed E-state index contributed by atoms with van der Waals surface area (Å²) >= 11 is 0. The number of carbonyl (C=O) groups excluding carboxylic acids is 1. The van der Waals surface area contributed by atoms with Crippen LogP contribution in [0.1, 0.15) is 72.1 Å². The first-order valence-electron chi connectivity index (χ1n) is 7.42. The second-order valence-electron chi connectivity index (χ2n) is 5.20. The molecule has 1 N–H and O–H groups in total. The van der Waals surface area contributed by atoms with Crippen molar-refractivity contribution in [3.05, 3.63) is 0 Å². The van der Waals surface area contributed by atoms with E-state index in [-0.39, 0.29) is 5.92 Å². The molecule has 17 heavy (non-hydrogen) atoms. The van der Waals surface area contributed by atoms with Gasteiger partial charge >= 0.3 is 0 Å². The van der Waals surface area contributed by atoms with Crippen LogP contribution in [0.25, 0.3) is 0 Å². The number of hydrogen-bond donors (Lipinski definition) is 1. The molecule has 0 aliphatic carbocycles. The molecule has 0 bridgehead atoms. The lowest BCUT2D eigenvalue weighted by atomic mass is 10.0. The Balaban J connectivity index is 3.06. The first-order chi connectivity index (χ1) is 8.18. The summed E-state index contributed by atoms with van der Waals surface area (Å²) in [6.45, 7) is 8.39. The van der Waals surface area contributed by atoms with Gasteiger partial charge < -0.3 is 5.32 Å². The van der Waals surface area contributed by atoms with Crippen molar-refractivity contribution in [1.82, 2.24) is 5.32 Å². The summed E-state index contributed by atoms with van der Waals surface area (Å²) in [5, 5.41) is 3.34. The van der Waals surface area contributed by atoms with E-state index >= 15 is 0 Å². The smallest absolute Gasteiger partial charge is 0.135 e. The average Bonchev–Trinajstić information content (AvgIpc) is 2.31. The molecule has 0 aliphatic rings. The van der Waals surface area contributed by atoms with E-state index in [9.17, 15) is 4.79 Å². The number of unbranched alkanes of at least 4 members (excludes halogenated alkanes) is 6. The van der Waals surface area contributed by atoms with Crippen molar-refractivity contribution in [3.8, 4) is 0 Å². The lowest BCUT2D eigenvalue weighted by molar-refractivity contribution is -0.122. The Morgan fingerprint density at radius 3 is 2.00 bits per heavy atom. The fourth-order valence-corrected chi connectivity index (χ4v) is 1.90. The predicted octanol–water partition coefficient (Wildman–Crippen LogP) is 3.94. The molecule has 0 aromatic carbocycles. The van der Waals surface area contributed by atoms with Crippen LogP contribution >= 0.6 is 0 Å². The lowest BCUT2D eigenvalue weighted by Crippen LogP contribution is -2.13. The molecule has 0 heterocycles. The van der Waals surface area contributed by atoms with Crippen LogP contribution in [0.5, 0.6) is 0 Å². The number of carbonyl (C=O) groups is 1. The Morgan fingerprint density at radius 2 is 1.47 bits per heavy atom. The number of nitrogens with one attached hydrogen (secondary N) is 1. The van der Waals surface area contributed by atoms with E-state index in [1.165, 1.54) is 45.1 Å². The van der Waals surface area contributed by atoms with Crippen LogP contribution in [0.2, 0.25) is 0 Å². The summed E-state index contributed by atoms with van der Waals surface area (Å²) in [6.07, 6.45) is 9.74. The van der Waals surface area contributed by atoms with Crippen LogP contribution in [0.4, 0.5) is 0 Å². The van der Waals surface area contributed by atoms with Crippen molar-refractivity contribution < 1.29 is 4.79 Å². The molecule has 0 aromatic heterocycles. The minimum absolute atomic E-state index is 0.223. The van der Waals surface area contributed by atoms with Crippen molar-refractivity contribution >= 4 is 5.78 Å². The molecule has 0 rings (SSSR count). The van der Waals surface area contributed by atoms with Gasteiger partial charge in [-0.05, 0) is 25.9 Å². The molecule has 0 spiro atoms. The Hall–Kier alpha value is -0.370. The van der Waals surface area contributed by atoms with Gasteiger partial charge in [0, 0.05) is 12.3 Å². The lowest BCUT2D eigenvalue weighted by Gasteiger charge is -2.04. The van der Waals surface area contributed by atoms with E-state index in [0.29, 0.717) is 5.78 Å². The van der Waals surface area contributed by atoms with E-state index in [4.69, 9.17) is 0 Å². The maximum atomic E-state index is 11.4. The number of ketones is 1. The van der Waals surface area contributed by atoms with Gasteiger partial charge in [0.1, 0.15) is 5.78 Å². The van der Waals surface area contributed by atoms with Crippen molar-refractivity contribution in [3.63, 3.8) is 0 Å². The van der Waals surface area contributed by atoms with Gasteiger partial charge in [-0.25, -0.2) is 0 Å². The van der Waals surface area contributed by atoms with Gasteiger partial charge in [0.25, 0.3) is 0 Å². The van der Waals surface area contributed by atoms with Gasteiger partial charge in [-0.15, -0.1) is 0 Å². The SMILES string of the molecule is CCNCCCCCCCCCC(=O)C(C)C. The molecule has 0 saturated heterocycles. The van der Waals surface area contributed by atoms with E-state index in [1.54, 1.807) is 0 Å². The van der Waals surface area contributed by atoms with Crippen molar-refractivity contribution in [2.75, 3.05) is 13.1 Å². The molecule has 0 atom stereocenters. The third-order valence-electron chi connectivity index (χ3n) is 3.17. The molecule has 0 fully saturated rings. The summed E-state index contributed by atoms with van der Waals surface area (Å²) < 4.78 is 0. The number of rotatable bonds is 12. The van der Waals surface area contributed by atoms with Crippen LogP contribution in [0.3, 0.4) is 0 Å². The van der Waals surface area contributed by atoms with Crippen molar-refractivity contribution in [1.29, 1.82) is 0 Å². The molecule has 0 aromatic rings. The van der Waals surface area contributed by atoms with E-state index in [1.807, 2.05) is 13.8 Å². The molecule has 0 aliphatic heterocycles. The number of hydrogen-bond acceptors (Lipinski definition) is 2. The maximum Gasteiger partial charge on any atom is 0.135 e. The molecule has 0 radical (unpaired) electrons. The fourth-order valence-electron chi connectivity index (χ4n) is 1.90. The third kappa shape index (κ3) is 11.9. The zero-order chi connectivity index (χ0) is 12.9. The van der Waals surface area contributed by atoms with Gasteiger partial charge in [0.05, 0.1) is 0 Å². The van der Waals surface area contributed by atoms with Crippen molar-refractivity contribution in [2.24, 2.45) is 5.92 Å². The van der Waals surface area contributed by atoms with E-state index < -0.39 is 0 Å². The largest absolute Gasteiger partial charge is 0.317 e. The molecule has 2 nitrogen and oxygen atoms in total. The maximum absolute atomic E-state index is 11.4. The first-order valence-corrected chi connectivity index (χ1v) is 7.42. The fraction of sp³-hybridized carbons (Fsp3) is 0.933. The highest BCUT2D eigenvalue weighted by molar-refractivity contribution is 5.80. The van der Waals surface area contributed by atoms with Crippen LogP contribution < -0.4 is 5.32 Å². The molecular formula is C15H31NO. The highest BCUT2D eigenvalue weighted by Gasteiger charge is 2.05. The minimum Gasteiger partial charge on any atom is -0.317 e. The van der Waals surface area contributed by atoms with Crippen LogP contribution in [0.15, 0.2) is 0 Å². The standard InChI is InChI=1S/C15H31NO/c1-4-16-13-11-9-7-5-6-8-10-12-15(17)14(2)3/h14,16H,4-13H2,1-3H3. The normalized spacial score (nSPS) is 11.1. The quantitative estimate of drug-likeness (QED) is 0.524. The summed E-state index contributed by atoms with van der Waals surface area (Å²) in [5.74, 6) is 0.650. The van der Waals surface area contributed by atoms with Crippen LogP contribution in [0, 0.1) is 5.92 Å². The molecular weight excluding hydrogens is 210 g/mol.